The molecule has 176 valence electrons. The maximum absolute atomic E-state index is 13.1. The zero-order valence-electron chi connectivity index (χ0n) is 18.2. The summed E-state index contributed by atoms with van der Waals surface area (Å²) in [7, 11) is 0. The van der Waals surface area contributed by atoms with Crippen LogP contribution in [0.2, 0.25) is 0 Å². The van der Waals surface area contributed by atoms with Gasteiger partial charge in [0, 0.05) is 43.7 Å². The molecule has 2 N–H and O–H groups in total. The number of aromatic hydroxyl groups is 1. The summed E-state index contributed by atoms with van der Waals surface area (Å²) < 4.78 is 14.9. The molecule has 2 atom stereocenters. The molecule has 1 amide bonds. The number of H-pyrrole nitrogens is 1. The molecule has 34 heavy (non-hydrogen) atoms. The molecule has 2 aliphatic heterocycles. The molecule has 1 aromatic carbocycles. The largest absolute Gasteiger partial charge is 0.493 e. The standard InChI is InChI=1S/C24H23FN4O4S/c25-17-6-4-14(5-7-17)9-18-22(32)26-24(27-23(18)33)34-13-21(31)28-10-15-8-16(12-28)19-2-1-3-20(30)29(19)11-15/h1-7,15-16H,8-13H2,(H2,26,27,32,33)/t15-,16+/m1/s1. The minimum Gasteiger partial charge on any atom is -0.493 e. The van der Waals surface area contributed by atoms with Crippen LogP contribution in [0.5, 0.6) is 5.88 Å². The number of carbonyl (C=O) groups excluding carboxylic acids is 1. The number of aromatic amines is 1. The van der Waals surface area contributed by atoms with Crippen LogP contribution >= 0.6 is 11.8 Å². The molecule has 8 nitrogen and oxygen atoms in total. The van der Waals surface area contributed by atoms with Gasteiger partial charge in [-0.25, -0.2) is 4.39 Å². The molecule has 2 aromatic heterocycles. The first kappa shape index (κ1) is 22.4. The summed E-state index contributed by atoms with van der Waals surface area (Å²) in [6.07, 6.45) is 1.07. The van der Waals surface area contributed by atoms with Crippen molar-refractivity contribution >= 4 is 17.7 Å². The number of likely N-dealkylation sites (tertiary alicyclic amines) is 1. The van der Waals surface area contributed by atoms with Crippen molar-refractivity contribution in [2.24, 2.45) is 5.92 Å². The summed E-state index contributed by atoms with van der Waals surface area (Å²) in [4.78, 5) is 46.0. The topological polar surface area (TPSA) is 108 Å². The average Bonchev–Trinajstić information content (AvgIpc) is 2.81. The molecule has 0 unspecified atom stereocenters. The van der Waals surface area contributed by atoms with Crippen molar-refractivity contribution in [3.63, 3.8) is 0 Å². The Morgan fingerprint density at radius 3 is 2.71 bits per heavy atom. The van der Waals surface area contributed by atoms with Crippen LogP contribution in [0.15, 0.2) is 57.2 Å². The second kappa shape index (κ2) is 9.09. The Hall–Kier alpha value is -3.40. The number of hydrogen-bond donors (Lipinski definition) is 2. The van der Waals surface area contributed by atoms with E-state index in [-0.39, 0.29) is 52.0 Å². The van der Waals surface area contributed by atoms with Gasteiger partial charge in [-0.05, 0) is 36.1 Å². The molecule has 0 saturated carbocycles. The maximum atomic E-state index is 13.1. The number of pyridine rings is 1. The highest BCUT2D eigenvalue weighted by Crippen LogP contribution is 2.35. The third kappa shape index (κ3) is 4.50. The Morgan fingerprint density at radius 1 is 1.15 bits per heavy atom. The molecule has 5 rings (SSSR count). The van der Waals surface area contributed by atoms with E-state index in [1.807, 2.05) is 15.5 Å². The van der Waals surface area contributed by atoms with Crippen LogP contribution in [-0.4, -0.2) is 49.3 Å². The van der Waals surface area contributed by atoms with Crippen molar-refractivity contribution < 1.29 is 14.3 Å². The van der Waals surface area contributed by atoms with Crippen molar-refractivity contribution in [1.82, 2.24) is 19.4 Å². The predicted octanol–water partition coefficient (Wildman–Crippen LogP) is 2.11. The minimum atomic E-state index is -0.499. The number of hydrogen-bond acceptors (Lipinski definition) is 6. The molecule has 0 radical (unpaired) electrons. The van der Waals surface area contributed by atoms with E-state index in [1.54, 1.807) is 12.1 Å². The summed E-state index contributed by atoms with van der Waals surface area (Å²) in [5, 5.41) is 10.4. The number of benzene rings is 1. The number of carbonyl (C=O) groups is 1. The minimum absolute atomic E-state index is 0.000225. The van der Waals surface area contributed by atoms with E-state index in [1.165, 1.54) is 24.3 Å². The highest BCUT2D eigenvalue weighted by Gasteiger charge is 2.36. The Balaban J connectivity index is 1.24. The van der Waals surface area contributed by atoms with Gasteiger partial charge in [0.1, 0.15) is 5.82 Å². The lowest BCUT2D eigenvalue weighted by Gasteiger charge is -2.42. The molecule has 0 spiro atoms. The Morgan fingerprint density at radius 2 is 1.94 bits per heavy atom. The first-order valence-corrected chi connectivity index (χ1v) is 12.0. The normalized spacial score (nSPS) is 19.0. The van der Waals surface area contributed by atoms with Gasteiger partial charge in [0.25, 0.3) is 11.1 Å². The van der Waals surface area contributed by atoms with Gasteiger partial charge in [-0.2, -0.15) is 4.98 Å². The molecular formula is C24H23FN4O4S. The first-order chi connectivity index (χ1) is 16.4. The lowest BCUT2D eigenvalue weighted by atomic mass is 9.83. The highest BCUT2D eigenvalue weighted by molar-refractivity contribution is 7.99. The van der Waals surface area contributed by atoms with E-state index in [4.69, 9.17) is 0 Å². The van der Waals surface area contributed by atoms with Gasteiger partial charge in [-0.15, -0.1) is 0 Å². The number of rotatable bonds is 5. The molecule has 4 heterocycles. The van der Waals surface area contributed by atoms with E-state index in [0.717, 1.165) is 23.9 Å². The molecule has 0 aliphatic carbocycles. The molecule has 2 bridgehead atoms. The van der Waals surface area contributed by atoms with Crippen LogP contribution in [0.1, 0.15) is 29.2 Å². The van der Waals surface area contributed by atoms with Gasteiger partial charge in [0.05, 0.1) is 11.3 Å². The van der Waals surface area contributed by atoms with Gasteiger partial charge in [-0.3, -0.25) is 14.4 Å². The lowest BCUT2D eigenvalue weighted by molar-refractivity contribution is -0.131. The average molecular weight is 483 g/mol. The van der Waals surface area contributed by atoms with Crippen molar-refractivity contribution in [3.8, 4) is 5.88 Å². The molecule has 1 fully saturated rings. The Labute approximate surface area is 198 Å². The number of thioether (sulfide) groups is 1. The Bertz CT molecular complexity index is 1350. The molecule has 10 heteroatoms. The maximum Gasteiger partial charge on any atom is 0.258 e. The SMILES string of the molecule is O=C(CSc1nc(O)c(Cc2ccc(F)cc2)c(=O)[nH]1)N1C[C@H]2C[C@@H](C1)c1cccc(=O)n1C2. The number of halogens is 1. The summed E-state index contributed by atoms with van der Waals surface area (Å²) in [5.41, 5.74) is 1.22. The number of amides is 1. The van der Waals surface area contributed by atoms with Crippen molar-refractivity contribution in [3.05, 3.63) is 85.8 Å². The molecule has 2 aliphatic rings. The zero-order valence-corrected chi connectivity index (χ0v) is 19.1. The summed E-state index contributed by atoms with van der Waals surface area (Å²) in [6.45, 7) is 1.74. The third-order valence-corrected chi connectivity index (χ3v) is 7.29. The van der Waals surface area contributed by atoms with E-state index in [0.29, 0.717) is 25.2 Å². The monoisotopic (exact) mass is 482 g/mol. The molecular weight excluding hydrogens is 459 g/mol. The fourth-order valence-corrected chi connectivity index (χ4v) is 5.58. The van der Waals surface area contributed by atoms with Gasteiger partial charge in [0.2, 0.25) is 11.8 Å². The number of nitrogens with one attached hydrogen (secondary N) is 1. The van der Waals surface area contributed by atoms with Crippen molar-refractivity contribution in [2.45, 2.75) is 30.5 Å². The summed E-state index contributed by atoms with van der Waals surface area (Å²) in [6, 6.07) is 10.9. The van der Waals surface area contributed by atoms with Gasteiger partial charge < -0.3 is 19.6 Å². The number of aromatic nitrogens is 3. The second-order valence-electron chi connectivity index (χ2n) is 8.76. The van der Waals surface area contributed by atoms with Gasteiger partial charge >= 0.3 is 0 Å². The van der Waals surface area contributed by atoms with Crippen LogP contribution in [0.4, 0.5) is 4.39 Å². The highest BCUT2D eigenvalue weighted by atomic mass is 32.2. The zero-order chi connectivity index (χ0) is 23.8. The van der Waals surface area contributed by atoms with E-state index >= 15 is 0 Å². The first-order valence-electron chi connectivity index (χ1n) is 11.0. The number of piperidine rings is 1. The van der Waals surface area contributed by atoms with Crippen LogP contribution in [0, 0.1) is 11.7 Å². The second-order valence-corrected chi connectivity index (χ2v) is 9.73. The van der Waals surface area contributed by atoms with Crippen LogP contribution in [0.3, 0.4) is 0 Å². The number of fused-ring (bicyclic) bond motifs is 4. The fraction of sp³-hybridized carbons (Fsp3) is 0.333. The number of nitrogens with zero attached hydrogens (tertiary/aromatic N) is 3. The summed E-state index contributed by atoms with van der Waals surface area (Å²) >= 11 is 1.06. The van der Waals surface area contributed by atoms with Crippen molar-refractivity contribution in [1.29, 1.82) is 0 Å². The summed E-state index contributed by atoms with van der Waals surface area (Å²) in [5.74, 6) is -0.440. The predicted molar refractivity (Wildman–Crippen MR) is 125 cm³/mol. The lowest BCUT2D eigenvalue weighted by Crippen LogP contribution is -2.49. The van der Waals surface area contributed by atoms with E-state index in [2.05, 4.69) is 9.97 Å². The quantitative estimate of drug-likeness (QED) is 0.426. The smallest absolute Gasteiger partial charge is 0.258 e. The third-order valence-electron chi connectivity index (χ3n) is 6.43. The van der Waals surface area contributed by atoms with Crippen molar-refractivity contribution in [2.75, 3.05) is 18.8 Å². The van der Waals surface area contributed by atoms with E-state index < -0.39 is 11.4 Å². The fourth-order valence-electron chi connectivity index (χ4n) is 4.82. The van der Waals surface area contributed by atoms with Crippen LogP contribution in [0.25, 0.3) is 0 Å². The Kier molecular flexibility index (Phi) is 5.99. The molecule has 3 aromatic rings. The van der Waals surface area contributed by atoms with E-state index in [9.17, 15) is 23.9 Å². The van der Waals surface area contributed by atoms with Gasteiger partial charge in [0.15, 0.2) is 5.16 Å². The van der Waals surface area contributed by atoms with Crippen LogP contribution < -0.4 is 11.1 Å². The van der Waals surface area contributed by atoms with Crippen LogP contribution in [-0.2, 0) is 17.8 Å². The van der Waals surface area contributed by atoms with Gasteiger partial charge in [-0.1, -0.05) is 30.0 Å². The molecule has 1 saturated heterocycles.